The predicted molar refractivity (Wildman–Crippen MR) is 92.2 cm³/mol. The van der Waals surface area contributed by atoms with Crippen LogP contribution in [0.2, 0.25) is 0 Å². The van der Waals surface area contributed by atoms with Gasteiger partial charge in [0, 0.05) is 5.69 Å². The highest BCUT2D eigenvalue weighted by Crippen LogP contribution is 2.26. The fourth-order valence-electron chi connectivity index (χ4n) is 2.30. The molecule has 2 rings (SSSR count). The highest BCUT2D eigenvalue weighted by atomic mass is 16.5. The van der Waals surface area contributed by atoms with Gasteiger partial charge >= 0.3 is 5.97 Å². The molecule has 2 N–H and O–H groups in total. The van der Waals surface area contributed by atoms with Gasteiger partial charge in [-0.25, -0.2) is 4.79 Å². The van der Waals surface area contributed by atoms with Gasteiger partial charge in [0.2, 0.25) is 0 Å². The van der Waals surface area contributed by atoms with Crippen molar-refractivity contribution in [2.75, 3.05) is 11.9 Å². The Hall–Kier alpha value is -2.82. The smallest absolute Gasteiger partial charge is 0.342 e. The molecule has 24 heavy (non-hydrogen) atoms. The molecule has 0 aliphatic carbocycles. The Balaban J connectivity index is 1.97. The molecule has 0 saturated heterocycles. The number of esters is 1. The van der Waals surface area contributed by atoms with Gasteiger partial charge in [0.25, 0.3) is 5.91 Å². The quantitative estimate of drug-likeness (QED) is 0.793. The van der Waals surface area contributed by atoms with E-state index in [0.717, 1.165) is 17.7 Å². The van der Waals surface area contributed by atoms with Crippen molar-refractivity contribution >= 4 is 17.6 Å². The highest BCUT2D eigenvalue weighted by molar-refractivity contribution is 5.97. The molecule has 0 aliphatic heterocycles. The lowest BCUT2D eigenvalue weighted by Crippen LogP contribution is -2.21. The van der Waals surface area contributed by atoms with Gasteiger partial charge in [-0.05, 0) is 36.1 Å². The molecule has 0 bridgehead atoms. The van der Waals surface area contributed by atoms with Crippen LogP contribution in [0, 0.1) is 0 Å². The van der Waals surface area contributed by atoms with Crippen molar-refractivity contribution in [1.82, 2.24) is 0 Å². The van der Waals surface area contributed by atoms with Crippen molar-refractivity contribution in [1.29, 1.82) is 0 Å². The van der Waals surface area contributed by atoms with Gasteiger partial charge in [0.05, 0.1) is 0 Å². The van der Waals surface area contributed by atoms with Crippen LogP contribution in [0.15, 0.2) is 48.5 Å². The molecule has 1 atom stereocenters. The van der Waals surface area contributed by atoms with Crippen molar-refractivity contribution in [3.8, 4) is 5.75 Å². The largest absolute Gasteiger partial charge is 0.507 e. The maximum absolute atomic E-state index is 12.0. The van der Waals surface area contributed by atoms with Crippen LogP contribution in [0.25, 0.3) is 0 Å². The summed E-state index contributed by atoms with van der Waals surface area (Å²) in [4.78, 5) is 23.9. The molecular weight excluding hydrogens is 306 g/mol. The maximum atomic E-state index is 12.0. The van der Waals surface area contributed by atoms with Gasteiger partial charge in [0.15, 0.2) is 6.61 Å². The van der Waals surface area contributed by atoms with Gasteiger partial charge in [-0.3, -0.25) is 4.79 Å². The summed E-state index contributed by atoms with van der Waals surface area (Å²) in [6.07, 6.45) is 0.954. The molecule has 5 nitrogen and oxygen atoms in total. The lowest BCUT2D eigenvalue weighted by Gasteiger charge is -2.15. The van der Waals surface area contributed by atoms with E-state index in [-0.39, 0.29) is 11.3 Å². The molecule has 2 aromatic carbocycles. The minimum atomic E-state index is -0.738. The van der Waals surface area contributed by atoms with Crippen molar-refractivity contribution in [3.05, 3.63) is 59.7 Å². The van der Waals surface area contributed by atoms with Crippen LogP contribution in [-0.4, -0.2) is 23.6 Å². The van der Waals surface area contributed by atoms with E-state index in [1.807, 2.05) is 24.3 Å². The standard InChI is InChI=1S/C19H21NO4/c1-3-13(2)14-8-4-6-10-16(14)20-18(22)12-24-19(23)15-9-5-7-11-17(15)21/h4-11,13,21H,3,12H2,1-2H3,(H,20,22)/t13-/m0/s1. The number of phenols is 1. The highest BCUT2D eigenvalue weighted by Gasteiger charge is 2.15. The van der Waals surface area contributed by atoms with Crippen LogP contribution < -0.4 is 5.32 Å². The topological polar surface area (TPSA) is 75.6 Å². The number of para-hydroxylation sites is 2. The van der Waals surface area contributed by atoms with Crippen molar-refractivity contribution < 1.29 is 19.4 Å². The summed E-state index contributed by atoms with van der Waals surface area (Å²) < 4.78 is 4.96. The van der Waals surface area contributed by atoms with E-state index < -0.39 is 18.5 Å². The Kier molecular flexibility index (Phi) is 5.95. The number of carbonyl (C=O) groups excluding carboxylic acids is 2. The van der Waals surface area contributed by atoms with E-state index in [1.165, 1.54) is 12.1 Å². The van der Waals surface area contributed by atoms with Gasteiger partial charge in [-0.15, -0.1) is 0 Å². The first-order valence-electron chi connectivity index (χ1n) is 7.86. The number of nitrogens with one attached hydrogen (secondary N) is 1. The number of hydrogen-bond donors (Lipinski definition) is 2. The first-order chi connectivity index (χ1) is 11.5. The Morgan fingerprint density at radius 3 is 2.50 bits per heavy atom. The number of hydrogen-bond acceptors (Lipinski definition) is 4. The second-order valence-electron chi connectivity index (χ2n) is 5.54. The fraction of sp³-hybridized carbons (Fsp3) is 0.263. The molecule has 2 aromatic rings. The summed E-state index contributed by atoms with van der Waals surface area (Å²) in [5.41, 5.74) is 1.79. The number of ether oxygens (including phenoxy) is 1. The molecule has 0 aromatic heterocycles. The summed E-state index contributed by atoms with van der Waals surface area (Å²) in [5, 5.41) is 12.4. The summed E-state index contributed by atoms with van der Waals surface area (Å²) in [6.45, 7) is 3.75. The third-order valence-electron chi connectivity index (χ3n) is 3.84. The molecular formula is C19H21NO4. The average Bonchev–Trinajstić information content (AvgIpc) is 2.60. The zero-order valence-electron chi connectivity index (χ0n) is 13.8. The molecule has 0 fully saturated rings. The minimum absolute atomic E-state index is 0.0327. The van der Waals surface area contributed by atoms with Crippen LogP contribution in [0.4, 0.5) is 5.69 Å². The van der Waals surface area contributed by atoms with E-state index >= 15 is 0 Å². The molecule has 0 unspecified atom stereocenters. The van der Waals surface area contributed by atoms with E-state index in [1.54, 1.807) is 12.1 Å². The Morgan fingerprint density at radius 2 is 1.79 bits per heavy atom. The second kappa shape index (κ2) is 8.15. The van der Waals surface area contributed by atoms with E-state index in [9.17, 15) is 14.7 Å². The molecule has 5 heteroatoms. The van der Waals surface area contributed by atoms with Crippen LogP contribution in [0.3, 0.4) is 0 Å². The Morgan fingerprint density at radius 1 is 1.12 bits per heavy atom. The lowest BCUT2D eigenvalue weighted by atomic mass is 9.97. The second-order valence-corrected chi connectivity index (χ2v) is 5.54. The first-order valence-corrected chi connectivity index (χ1v) is 7.86. The summed E-state index contributed by atoms with van der Waals surface area (Å²) in [7, 11) is 0. The van der Waals surface area contributed by atoms with E-state index in [4.69, 9.17) is 4.74 Å². The number of carbonyl (C=O) groups is 2. The number of rotatable bonds is 6. The number of phenolic OH excluding ortho intramolecular Hbond substituents is 1. The predicted octanol–water partition coefficient (Wildman–Crippen LogP) is 3.70. The van der Waals surface area contributed by atoms with Crippen molar-refractivity contribution in [2.45, 2.75) is 26.2 Å². The van der Waals surface area contributed by atoms with Crippen molar-refractivity contribution in [2.24, 2.45) is 0 Å². The molecule has 126 valence electrons. The average molecular weight is 327 g/mol. The number of aromatic hydroxyl groups is 1. The number of anilines is 1. The number of amides is 1. The van der Waals surface area contributed by atoms with Gasteiger partial charge < -0.3 is 15.2 Å². The van der Waals surface area contributed by atoms with Gasteiger partial charge in [0.1, 0.15) is 11.3 Å². The van der Waals surface area contributed by atoms with Crippen LogP contribution >= 0.6 is 0 Å². The Labute approximate surface area is 141 Å². The molecule has 0 saturated carbocycles. The Bertz CT molecular complexity index is 727. The van der Waals surface area contributed by atoms with E-state index in [0.29, 0.717) is 5.92 Å². The lowest BCUT2D eigenvalue weighted by molar-refractivity contribution is -0.119. The monoisotopic (exact) mass is 327 g/mol. The normalized spacial score (nSPS) is 11.6. The van der Waals surface area contributed by atoms with Crippen molar-refractivity contribution in [3.63, 3.8) is 0 Å². The summed E-state index contributed by atoms with van der Waals surface area (Å²) >= 11 is 0. The van der Waals surface area contributed by atoms with E-state index in [2.05, 4.69) is 19.2 Å². The zero-order chi connectivity index (χ0) is 17.5. The SMILES string of the molecule is CC[C@H](C)c1ccccc1NC(=O)COC(=O)c1ccccc1O. The third-order valence-corrected chi connectivity index (χ3v) is 3.84. The maximum Gasteiger partial charge on any atom is 0.342 e. The molecule has 0 radical (unpaired) electrons. The number of benzene rings is 2. The van der Waals surface area contributed by atoms with Crippen LogP contribution in [-0.2, 0) is 9.53 Å². The minimum Gasteiger partial charge on any atom is -0.507 e. The zero-order valence-corrected chi connectivity index (χ0v) is 13.8. The third kappa shape index (κ3) is 4.35. The molecule has 0 spiro atoms. The van der Waals surface area contributed by atoms with Crippen LogP contribution in [0.1, 0.15) is 42.1 Å². The van der Waals surface area contributed by atoms with Crippen LogP contribution in [0.5, 0.6) is 5.75 Å². The summed E-state index contributed by atoms with van der Waals surface area (Å²) in [5.74, 6) is -1.02. The fourth-order valence-corrected chi connectivity index (χ4v) is 2.30. The molecule has 0 aliphatic rings. The van der Waals surface area contributed by atoms with Gasteiger partial charge in [-0.2, -0.15) is 0 Å². The van der Waals surface area contributed by atoms with Gasteiger partial charge in [-0.1, -0.05) is 44.2 Å². The summed E-state index contributed by atoms with van der Waals surface area (Å²) in [6, 6.07) is 13.6. The molecule has 1 amide bonds. The first kappa shape index (κ1) is 17.5. The molecule has 0 heterocycles.